The van der Waals surface area contributed by atoms with Crippen molar-refractivity contribution in [2.75, 3.05) is 11.9 Å². The Balaban J connectivity index is 2.10. The van der Waals surface area contributed by atoms with Crippen molar-refractivity contribution in [2.45, 2.75) is 32.2 Å². The molecular formula is C14H18BrNO2. The number of nitrogens with one attached hydrogen (secondary N) is 1. The molecule has 0 radical (unpaired) electrons. The van der Waals surface area contributed by atoms with Gasteiger partial charge in [-0.1, -0.05) is 15.9 Å². The predicted molar refractivity (Wildman–Crippen MR) is 75.6 cm³/mol. The standard InChI is InChI=1S/C14H18BrNO2/c1-14(2,6-7-15)16-13(17)11-3-4-12-10(9-11)5-8-18-12/h3-4,9H,5-8H2,1-2H3,(H,16,17). The monoisotopic (exact) mass is 311 g/mol. The van der Waals surface area contributed by atoms with Crippen LogP contribution in [0.1, 0.15) is 36.2 Å². The minimum atomic E-state index is -0.198. The maximum atomic E-state index is 12.2. The molecule has 1 aromatic carbocycles. The summed E-state index contributed by atoms with van der Waals surface area (Å²) in [5.74, 6) is 0.891. The predicted octanol–water partition coefficient (Wildman–Crippen LogP) is 2.91. The van der Waals surface area contributed by atoms with Crippen molar-refractivity contribution in [1.29, 1.82) is 0 Å². The number of ether oxygens (including phenoxy) is 1. The Kier molecular flexibility index (Phi) is 3.95. The highest BCUT2D eigenvalue weighted by Crippen LogP contribution is 2.26. The van der Waals surface area contributed by atoms with Gasteiger partial charge in [-0.2, -0.15) is 0 Å². The quantitative estimate of drug-likeness (QED) is 0.868. The Morgan fingerprint density at radius 1 is 1.50 bits per heavy atom. The molecule has 4 heteroatoms. The lowest BCUT2D eigenvalue weighted by Crippen LogP contribution is -2.43. The smallest absolute Gasteiger partial charge is 0.251 e. The zero-order valence-electron chi connectivity index (χ0n) is 10.8. The Morgan fingerprint density at radius 3 is 3.00 bits per heavy atom. The van der Waals surface area contributed by atoms with E-state index in [9.17, 15) is 4.79 Å². The summed E-state index contributed by atoms with van der Waals surface area (Å²) in [4.78, 5) is 12.2. The van der Waals surface area contributed by atoms with Gasteiger partial charge in [-0.25, -0.2) is 0 Å². The van der Waals surface area contributed by atoms with Gasteiger partial charge in [-0.05, 0) is 44.0 Å². The number of hydrogen-bond donors (Lipinski definition) is 1. The molecular weight excluding hydrogens is 294 g/mol. The number of halogens is 1. The summed E-state index contributed by atoms with van der Waals surface area (Å²) in [6.45, 7) is 4.78. The van der Waals surface area contributed by atoms with Crippen LogP contribution in [0.2, 0.25) is 0 Å². The van der Waals surface area contributed by atoms with Gasteiger partial charge in [0.25, 0.3) is 5.91 Å². The molecule has 1 aliphatic heterocycles. The maximum absolute atomic E-state index is 12.2. The molecule has 0 saturated heterocycles. The molecule has 0 aliphatic carbocycles. The van der Waals surface area contributed by atoms with E-state index in [1.165, 1.54) is 0 Å². The van der Waals surface area contributed by atoms with Crippen molar-refractivity contribution in [3.63, 3.8) is 0 Å². The first kappa shape index (κ1) is 13.4. The van der Waals surface area contributed by atoms with Gasteiger partial charge in [0, 0.05) is 22.9 Å². The van der Waals surface area contributed by atoms with Crippen LogP contribution in [0.5, 0.6) is 5.75 Å². The van der Waals surface area contributed by atoms with Gasteiger partial charge in [0.2, 0.25) is 0 Å². The third-order valence-electron chi connectivity index (χ3n) is 3.12. The molecule has 98 valence electrons. The molecule has 0 bridgehead atoms. The van der Waals surface area contributed by atoms with E-state index in [1.807, 2.05) is 32.0 Å². The minimum absolute atomic E-state index is 0.0179. The number of alkyl halides is 1. The fourth-order valence-corrected chi connectivity index (χ4v) is 3.00. The average Bonchev–Trinajstić information content (AvgIpc) is 2.74. The Labute approximate surface area is 116 Å². The van der Waals surface area contributed by atoms with Crippen molar-refractivity contribution in [2.24, 2.45) is 0 Å². The van der Waals surface area contributed by atoms with Gasteiger partial charge in [0.05, 0.1) is 6.61 Å². The zero-order chi connectivity index (χ0) is 13.2. The molecule has 0 spiro atoms. The molecule has 0 fully saturated rings. The minimum Gasteiger partial charge on any atom is -0.493 e. The van der Waals surface area contributed by atoms with Gasteiger partial charge in [0.1, 0.15) is 5.75 Å². The van der Waals surface area contributed by atoms with E-state index >= 15 is 0 Å². The van der Waals surface area contributed by atoms with Crippen LogP contribution in [0.25, 0.3) is 0 Å². The van der Waals surface area contributed by atoms with Crippen LogP contribution in [-0.2, 0) is 6.42 Å². The third-order valence-corrected chi connectivity index (χ3v) is 3.52. The Hall–Kier alpha value is -1.03. The van der Waals surface area contributed by atoms with Gasteiger partial charge in [-0.3, -0.25) is 4.79 Å². The lowest BCUT2D eigenvalue weighted by molar-refractivity contribution is 0.0912. The molecule has 0 unspecified atom stereocenters. The number of hydrogen-bond acceptors (Lipinski definition) is 2. The molecule has 1 aromatic rings. The average molecular weight is 312 g/mol. The van der Waals surface area contributed by atoms with Crippen LogP contribution in [0.3, 0.4) is 0 Å². The van der Waals surface area contributed by atoms with Crippen LogP contribution in [0.4, 0.5) is 0 Å². The molecule has 0 atom stereocenters. The normalized spacial score (nSPS) is 13.9. The number of carbonyl (C=O) groups excluding carboxylic acids is 1. The van der Waals surface area contributed by atoms with Gasteiger partial charge in [-0.15, -0.1) is 0 Å². The van der Waals surface area contributed by atoms with E-state index in [-0.39, 0.29) is 11.4 Å². The van der Waals surface area contributed by atoms with E-state index in [2.05, 4.69) is 21.2 Å². The van der Waals surface area contributed by atoms with E-state index in [0.29, 0.717) is 5.56 Å². The van der Waals surface area contributed by atoms with E-state index in [0.717, 1.165) is 36.1 Å². The fourth-order valence-electron chi connectivity index (χ4n) is 2.01. The summed E-state index contributed by atoms with van der Waals surface area (Å²) >= 11 is 3.40. The first-order chi connectivity index (χ1) is 8.52. The number of amides is 1. The number of fused-ring (bicyclic) bond motifs is 1. The van der Waals surface area contributed by atoms with E-state index in [4.69, 9.17) is 4.74 Å². The van der Waals surface area contributed by atoms with Crippen LogP contribution in [-0.4, -0.2) is 23.4 Å². The second-order valence-corrected chi connectivity index (χ2v) is 5.99. The summed E-state index contributed by atoms with van der Waals surface area (Å²) < 4.78 is 5.43. The molecule has 18 heavy (non-hydrogen) atoms. The fraction of sp³-hybridized carbons (Fsp3) is 0.500. The second kappa shape index (κ2) is 5.31. The van der Waals surface area contributed by atoms with E-state index < -0.39 is 0 Å². The highest BCUT2D eigenvalue weighted by molar-refractivity contribution is 9.09. The van der Waals surface area contributed by atoms with E-state index in [1.54, 1.807) is 0 Å². The molecule has 1 heterocycles. The summed E-state index contributed by atoms with van der Waals surface area (Å²) in [5.41, 5.74) is 1.64. The first-order valence-corrected chi connectivity index (χ1v) is 7.28. The van der Waals surface area contributed by atoms with Gasteiger partial charge < -0.3 is 10.1 Å². The van der Waals surface area contributed by atoms with Crippen LogP contribution >= 0.6 is 15.9 Å². The number of carbonyl (C=O) groups is 1. The summed E-state index contributed by atoms with van der Waals surface area (Å²) in [7, 11) is 0. The lowest BCUT2D eigenvalue weighted by atomic mass is 10.0. The van der Waals surface area contributed by atoms with Gasteiger partial charge in [0.15, 0.2) is 0 Å². The zero-order valence-corrected chi connectivity index (χ0v) is 12.3. The maximum Gasteiger partial charge on any atom is 0.251 e. The molecule has 0 saturated carbocycles. The van der Waals surface area contributed by atoms with Crippen molar-refractivity contribution in [1.82, 2.24) is 5.32 Å². The molecule has 3 nitrogen and oxygen atoms in total. The molecule has 1 amide bonds. The SMILES string of the molecule is CC(C)(CCBr)NC(=O)c1ccc2c(c1)CCO2. The molecule has 0 aromatic heterocycles. The Morgan fingerprint density at radius 2 is 2.28 bits per heavy atom. The first-order valence-electron chi connectivity index (χ1n) is 6.16. The third kappa shape index (κ3) is 3.05. The molecule has 2 rings (SSSR count). The highest BCUT2D eigenvalue weighted by Gasteiger charge is 2.21. The van der Waals surface area contributed by atoms with Crippen molar-refractivity contribution in [3.05, 3.63) is 29.3 Å². The molecule has 1 N–H and O–H groups in total. The van der Waals surface area contributed by atoms with Gasteiger partial charge >= 0.3 is 0 Å². The topological polar surface area (TPSA) is 38.3 Å². The van der Waals surface area contributed by atoms with Crippen molar-refractivity contribution < 1.29 is 9.53 Å². The summed E-state index contributed by atoms with van der Waals surface area (Å²) in [6, 6.07) is 5.64. The summed E-state index contributed by atoms with van der Waals surface area (Å²) in [6.07, 6.45) is 1.79. The lowest BCUT2D eigenvalue weighted by Gasteiger charge is -2.25. The largest absolute Gasteiger partial charge is 0.493 e. The number of benzene rings is 1. The second-order valence-electron chi connectivity index (χ2n) is 5.20. The highest BCUT2D eigenvalue weighted by atomic mass is 79.9. The van der Waals surface area contributed by atoms with Crippen LogP contribution in [0.15, 0.2) is 18.2 Å². The van der Waals surface area contributed by atoms with Crippen molar-refractivity contribution in [3.8, 4) is 5.75 Å². The van der Waals surface area contributed by atoms with Crippen LogP contribution < -0.4 is 10.1 Å². The Bertz CT molecular complexity index is 457. The molecule has 1 aliphatic rings. The summed E-state index contributed by atoms with van der Waals surface area (Å²) in [5, 5.41) is 3.93. The number of rotatable bonds is 4. The van der Waals surface area contributed by atoms with Crippen LogP contribution in [0, 0.1) is 0 Å². The van der Waals surface area contributed by atoms with Crippen molar-refractivity contribution >= 4 is 21.8 Å².